The molecule has 0 atom stereocenters. The van der Waals surface area contributed by atoms with Crippen molar-refractivity contribution < 1.29 is 20.4 Å². The SMILES string of the molecule is Cc1ncc(CO)c(CSSCc2c(CO)cnc(C)c2O)c1O.Cl. The van der Waals surface area contributed by atoms with Gasteiger partial charge in [-0.3, -0.25) is 9.97 Å². The van der Waals surface area contributed by atoms with E-state index < -0.39 is 0 Å². The van der Waals surface area contributed by atoms with E-state index in [1.165, 1.54) is 21.6 Å². The summed E-state index contributed by atoms with van der Waals surface area (Å²) in [6.07, 6.45) is 3.13. The summed E-state index contributed by atoms with van der Waals surface area (Å²) in [5.74, 6) is 1.20. The Labute approximate surface area is 160 Å². The van der Waals surface area contributed by atoms with Crippen LogP contribution in [0.2, 0.25) is 0 Å². The number of hydrogen-bond donors (Lipinski definition) is 4. The maximum Gasteiger partial charge on any atom is 0.141 e. The Morgan fingerprint density at radius 3 is 1.48 bits per heavy atom. The fraction of sp³-hybridized carbons (Fsp3) is 0.375. The third kappa shape index (κ3) is 5.15. The van der Waals surface area contributed by atoms with Crippen LogP contribution in [-0.4, -0.2) is 30.4 Å². The van der Waals surface area contributed by atoms with Crippen LogP contribution in [0.3, 0.4) is 0 Å². The van der Waals surface area contributed by atoms with E-state index in [1.54, 1.807) is 26.2 Å². The fourth-order valence-corrected chi connectivity index (χ4v) is 4.42. The van der Waals surface area contributed by atoms with E-state index in [4.69, 9.17) is 0 Å². The highest BCUT2D eigenvalue weighted by Gasteiger charge is 2.14. The number of nitrogens with zero attached hydrogens (tertiary/aromatic N) is 2. The Kier molecular flexibility index (Phi) is 8.81. The summed E-state index contributed by atoms with van der Waals surface area (Å²) in [5.41, 5.74) is 3.59. The van der Waals surface area contributed by atoms with Crippen LogP contribution in [0.4, 0.5) is 0 Å². The molecule has 0 aromatic carbocycles. The first-order chi connectivity index (χ1) is 11.5. The van der Waals surface area contributed by atoms with Crippen LogP contribution in [-0.2, 0) is 24.7 Å². The zero-order valence-electron chi connectivity index (χ0n) is 13.9. The van der Waals surface area contributed by atoms with Gasteiger partial charge in [-0.25, -0.2) is 0 Å². The van der Waals surface area contributed by atoms with Crippen LogP contribution < -0.4 is 0 Å². The third-order valence-electron chi connectivity index (χ3n) is 3.69. The molecule has 4 N–H and O–H groups in total. The van der Waals surface area contributed by atoms with E-state index in [2.05, 4.69) is 9.97 Å². The molecule has 2 aromatic heterocycles. The van der Waals surface area contributed by atoms with E-state index in [-0.39, 0.29) is 37.1 Å². The number of hydrogen-bond acceptors (Lipinski definition) is 8. The zero-order valence-corrected chi connectivity index (χ0v) is 16.3. The van der Waals surface area contributed by atoms with Crippen molar-refractivity contribution in [2.75, 3.05) is 0 Å². The van der Waals surface area contributed by atoms with Gasteiger partial charge in [0.05, 0.1) is 24.6 Å². The van der Waals surface area contributed by atoms with Crippen molar-refractivity contribution in [3.8, 4) is 11.5 Å². The third-order valence-corrected chi connectivity index (χ3v) is 5.88. The minimum atomic E-state index is -0.180. The second-order valence-electron chi connectivity index (χ2n) is 5.23. The van der Waals surface area contributed by atoms with E-state index in [9.17, 15) is 20.4 Å². The Hall–Kier alpha value is -1.19. The molecule has 0 bridgehead atoms. The van der Waals surface area contributed by atoms with Crippen molar-refractivity contribution in [2.45, 2.75) is 38.6 Å². The zero-order chi connectivity index (χ0) is 17.7. The fourth-order valence-electron chi connectivity index (χ4n) is 2.16. The highest BCUT2D eigenvalue weighted by Crippen LogP contribution is 2.37. The molecule has 2 rings (SSSR count). The van der Waals surface area contributed by atoms with Crippen LogP contribution in [0.5, 0.6) is 11.5 Å². The number of aromatic hydroxyl groups is 2. The van der Waals surface area contributed by atoms with Gasteiger partial charge in [0.2, 0.25) is 0 Å². The van der Waals surface area contributed by atoms with Gasteiger partial charge in [-0.1, -0.05) is 21.6 Å². The smallest absolute Gasteiger partial charge is 0.141 e. The lowest BCUT2D eigenvalue weighted by atomic mass is 10.1. The largest absolute Gasteiger partial charge is 0.506 e. The second kappa shape index (κ2) is 10.1. The molecule has 138 valence electrons. The molecule has 0 unspecified atom stereocenters. The lowest BCUT2D eigenvalue weighted by molar-refractivity contribution is 0.279. The summed E-state index contributed by atoms with van der Waals surface area (Å²) in [6.45, 7) is 3.06. The van der Waals surface area contributed by atoms with Crippen molar-refractivity contribution >= 4 is 34.0 Å². The number of aliphatic hydroxyl groups is 2. The molecule has 0 amide bonds. The topological polar surface area (TPSA) is 107 Å². The Balaban J connectivity index is 0.00000312. The Bertz CT molecular complexity index is 670. The molecule has 6 nitrogen and oxygen atoms in total. The number of aliphatic hydroxyl groups excluding tert-OH is 2. The first kappa shape index (κ1) is 21.9. The van der Waals surface area contributed by atoms with Crippen molar-refractivity contribution in [1.29, 1.82) is 0 Å². The van der Waals surface area contributed by atoms with Gasteiger partial charge < -0.3 is 20.4 Å². The van der Waals surface area contributed by atoms with Crippen molar-refractivity contribution in [3.05, 3.63) is 46.0 Å². The van der Waals surface area contributed by atoms with Gasteiger partial charge in [-0.05, 0) is 13.8 Å². The minimum Gasteiger partial charge on any atom is -0.506 e. The van der Waals surface area contributed by atoms with E-state index in [0.717, 1.165) is 0 Å². The molecule has 0 aliphatic heterocycles. The molecular formula is C16H21ClN2O4S2. The molecule has 0 aliphatic carbocycles. The quantitative estimate of drug-likeness (QED) is 0.412. The first-order valence-electron chi connectivity index (χ1n) is 7.28. The van der Waals surface area contributed by atoms with Crippen molar-refractivity contribution in [1.82, 2.24) is 9.97 Å². The first-order valence-corrected chi connectivity index (χ1v) is 9.77. The summed E-state index contributed by atoms with van der Waals surface area (Å²) in [7, 11) is 2.98. The second-order valence-corrected chi connectivity index (χ2v) is 7.70. The van der Waals surface area contributed by atoms with Gasteiger partial charge in [0.25, 0.3) is 0 Å². The summed E-state index contributed by atoms with van der Waals surface area (Å²) in [5, 5.41) is 39.0. The van der Waals surface area contributed by atoms with Crippen molar-refractivity contribution in [2.24, 2.45) is 0 Å². The summed E-state index contributed by atoms with van der Waals surface area (Å²) < 4.78 is 0. The molecule has 2 heterocycles. The maximum atomic E-state index is 10.1. The normalized spacial score (nSPS) is 10.6. The standard InChI is InChI=1S/C16H20N2O4S2.ClH/c1-9-15(21)13(11(5-19)3-17-9)7-23-24-8-14-12(6-20)4-18-10(2)16(14)22;/h3-4,19-22H,5-8H2,1-2H3;1H. The summed E-state index contributed by atoms with van der Waals surface area (Å²) >= 11 is 0. The molecule has 0 aliphatic rings. The monoisotopic (exact) mass is 404 g/mol. The lowest BCUT2D eigenvalue weighted by Crippen LogP contribution is -1.98. The van der Waals surface area contributed by atoms with Gasteiger partial charge in [0, 0.05) is 46.2 Å². The molecule has 0 saturated carbocycles. The van der Waals surface area contributed by atoms with Gasteiger partial charge in [0.1, 0.15) is 11.5 Å². The Morgan fingerprint density at radius 1 is 0.800 bits per heavy atom. The summed E-state index contributed by atoms with van der Waals surface area (Å²) in [4.78, 5) is 8.07. The van der Waals surface area contributed by atoms with E-state index >= 15 is 0 Å². The van der Waals surface area contributed by atoms with Crippen LogP contribution in [0, 0.1) is 13.8 Å². The summed E-state index contributed by atoms with van der Waals surface area (Å²) in [6, 6.07) is 0. The molecule has 2 aromatic rings. The average molecular weight is 405 g/mol. The van der Waals surface area contributed by atoms with Gasteiger partial charge in [0.15, 0.2) is 0 Å². The number of rotatable bonds is 7. The number of aryl methyl sites for hydroxylation is 2. The number of pyridine rings is 2. The molecule has 0 fully saturated rings. The highest BCUT2D eigenvalue weighted by molar-refractivity contribution is 8.76. The van der Waals surface area contributed by atoms with Gasteiger partial charge in [-0.2, -0.15) is 0 Å². The van der Waals surface area contributed by atoms with Crippen LogP contribution in [0.25, 0.3) is 0 Å². The highest BCUT2D eigenvalue weighted by atomic mass is 35.5. The van der Waals surface area contributed by atoms with Crippen LogP contribution in [0.15, 0.2) is 12.4 Å². The van der Waals surface area contributed by atoms with Crippen LogP contribution >= 0.6 is 34.0 Å². The molecule has 9 heteroatoms. The molecule has 0 spiro atoms. The van der Waals surface area contributed by atoms with Crippen molar-refractivity contribution in [3.63, 3.8) is 0 Å². The lowest BCUT2D eigenvalue weighted by Gasteiger charge is -2.12. The van der Waals surface area contributed by atoms with Gasteiger partial charge >= 0.3 is 0 Å². The molecule has 0 saturated heterocycles. The minimum absolute atomic E-state index is 0. The van der Waals surface area contributed by atoms with E-state index in [1.807, 2.05) is 0 Å². The maximum absolute atomic E-state index is 10.1. The Morgan fingerprint density at radius 2 is 1.16 bits per heavy atom. The van der Waals surface area contributed by atoms with Gasteiger partial charge in [-0.15, -0.1) is 12.4 Å². The predicted molar refractivity (Wildman–Crippen MR) is 103 cm³/mol. The van der Waals surface area contributed by atoms with Crippen LogP contribution in [0.1, 0.15) is 33.6 Å². The predicted octanol–water partition coefficient (Wildman–Crippen LogP) is 2.99. The molecule has 0 radical (unpaired) electrons. The number of halogens is 1. The molecule has 25 heavy (non-hydrogen) atoms. The van der Waals surface area contributed by atoms with E-state index in [0.29, 0.717) is 45.1 Å². The molecular weight excluding hydrogens is 384 g/mol. The average Bonchev–Trinajstić information content (AvgIpc) is 2.58. The number of aromatic nitrogens is 2.